The fraction of sp³-hybridized carbons (Fsp3) is 0.333. The molecule has 1 fully saturated rings. The quantitative estimate of drug-likeness (QED) is 0.719. The Morgan fingerprint density at radius 1 is 1.04 bits per heavy atom. The first kappa shape index (κ1) is 18.5. The molecule has 2 amide bonds. The number of amides is 2. The van der Waals surface area contributed by atoms with Gasteiger partial charge in [-0.15, -0.1) is 0 Å². The molecule has 1 saturated heterocycles. The SMILES string of the molecule is CC(C)CN1C(=O)S[C@H](Cc2ccccc2OCc2ccccc2)C1=O. The molecule has 4 nitrogen and oxygen atoms in total. The van der Waals surface area contributed by atoms with E-state index in [4.69, 9.17) is 4.74 Å². The number of benzene rings is 2. The van der Waals surface area contributed by atoms with Crippen molar-refractivity contribution in [3.63, 3.8) is 0 Å². The Morgan fingerprint density at radius 3 is 2.46 bits per heavy atom. The Bertz CT molecular complexity index is 776. The van der Waals surface area contributed by atoms with Gasteiger partial charge in [-0.1, -0.05) is 74.1 Å². The van der Waals surface area contributed by atoms with E-state index in [1.165, 1.54) is 4.90 Å². The Hall–Kier alpha value is -2.27. The van der Waals surface area contributed by atoms with Crippen LogP contribution in [0.15, 0.2) is 54.6 Å². The molecule has 2 aromatic carbocycles. The van der Waals surface area contributed by atoms with Crippen LogP contribution in [0, 0.1) is 5.92 Å². The number of thioether (sulfide) groups is 1. The van der Waals surface area contributed by atoms with E-state index in [2.05, 4.69) is 0 Å². The minimum absolute atomic E-state index is 0.0911. The van der Waals surface area contributed by atoms with E-state index in [9.17, 15) is 9.59 Å². The number of para-hydroxylation sites is 1. The van der Waals surface area contributed by atoms with Gasteiger partial charge < -0.3 is 4.74 Å². The number of rotatable bonds is 7. The van der Waals surface area contributed by atoms with Crippen LogP contribution in [0.1, 0.15) is 25.0 Å². The van der Waals surface area contributed by atoms with Crippen LogP contribution in [0.25, 0.3) is 0 Å². The number of hydrogen-bond acceptors (Lipinski definition) is 4. The lowest BCUT2D eigenvalue weighted by molar-refractivity contribution is -0.127. The summed E-state index contributed by atoms with van der Waals surface area (Å²) in [6.07, 6.45) is 0.495. The third kappa shape index (κ3) is 4.47. The van der Waals surface area contributed by atoms with E-state index in [1.54, 1.807) is 0 Å². The summed E-state index contributed by atoms with van der Waals surface area (Å²) >= 11 is 1.12. The van der Waals surface area contributed by atoms with Gasteiger partial charge in [0.1, 0.15) is 12.4 Å². The van der Waals surface area contributed by atoms with E-state index in [0.717, 1.165) is 28.6 Å². The van der Waals surface area contributed by atoms with E-state index in [1.807, 2.05) is 68.4 Å². The van der Waals surface area contributed by atoms with Crippen molar-refractivity contribution < 1.29 is 14.3 Å². The molecule has 0 radical (unpaired) electrons. The minimum atomic E-state index is -0.372. The highest BCUT2D eigenvalue weighted by Crippen LogP contribution is 2.32. The zero-order valence-electron chi connectivity index (χ0n) is 15.1. The number of imide groups is 1. The van der Waals surface area contributed by atoms with Gasteiger partial charge in [0.2, 0.25) is 5.91 Å². The van der Waals surface area contributed by atoms with Gasteiger partial charge >= 0.3 is 0 Å². The third-order valence-electron chi connectivity index (χ3n) is 4.17. The molecule has 3 rings (SSSR count). The summed E-state index contributed by atoms with van der Waals surface area (Å²) in [6.45, 7) is 4.96. The molecule has 0 bridgehead atoms. The molecule has 0 unspecified atom stereocenters. The van der Waals surface area contributed by atoms with Crippen LogP contribution in [0.2, 0.25) is 0 Å². The molecule has 1 atom stereocenters. The topological polar surface area (TPSA) is 46.6 Å². The minimum Gasteiger partial charge on any atom is -0.489 e. The predicted octanol–water partition coefficient (Wildman–Crippen LogP) is 4.53. The van der Waals surface area contributed by atoms with Crippen LogP contribution in [0.5, 0.6) is 5.75 Å². The van der Waals surface area contributed by atoms with Gasteiger partial charge in [0.15, 0.2) is 0 Å². The average molecular weight is 369 g/mol. The zero-order chi connectivity index (χ0) is 18.5. The highest BCUT2D eigenvalue weighted by atomic mass is 32.2. The Kier molecular flexibility index (Phi) is 5.99. The number of hydrogen-bond donors (Lipinski definition) is 0. The molecule has 0 spiro atoms. The van der Waals surface area contributed by atoms with Crippen molar-refractivity contribution in [3.05, 3.63) is 65.7 Å². The van der Waals surface area contributed by atoms with Gasteiger partial charge in [0.05, 0.1) is 5.25 Å². The van der Waals surface area contributed by atoms with Crippen LogP contribution >= 0.6 is 11.8 Å². The maximum atomic E-state index is 12.6. The van der Waals surface area contributed by atoms with Crippen LogP contribution in [-0.2, 0) is 17.8 Å². The molecule has 5 heteroatoms. The molecule has 26 heavy (non-hydrogen) atoms. The summed E-state index contributed by atoms with van der Waals surface area (Å²) in [4.78, 5) is 26.1. The largest absolute Gasteiger partial charge is 0.489 e. The van der Waals surface area contributed by atoms with Gasteiger partial charge in [0.25, 0.3) is 5.24 Å². The van der Waals surface area contributed by atoms with E-state index in [0.29, 0.717) is 19.6 Å². The molecule has 0 N–H and O–H groups in total. The number of carbonyl (C=O) groups excluding carboxylic acids is 2. The van der Waals surface area contributed by atoms with Crippen molar-refractivity contribution in [3.8, 4) is 5.75 Å². The molecule has 0 aliphatic carbocycles. The number of carbonyl (C=O) groups is 2. The standard InChI is InChI=1S/C21H23NO3S/c1-15(2)13-22-20(23)19(26-21(22)24)12-17-10-6-7-11-18(17)25-14-16-8-4-3-5-9-16/h3-11,15,19H,12-14H2,1-2H3/t19-/m1/s1. The zero-order valence-corrected chi connectivity index (χ0v) is 15.9. The first-order chi connectivity index (χ1) is 12.5. The highest BCUT2D eigenvalue weighted by Gasteiger charge is 2.39. The normalized spacial score (nSPS) is 17.2. The molecular weight excluding hydrogens is 346 g/mol. The molecule has 1 heterocycles. The van der Waals surface area contributed by atoms with Crippen molar-refractivity contribution >= 4 is 22.9 Å². The summed E-state index contributed by atoms with van der Waals surface area (Å²) in [7, 11) is 0. The molecule has 1 aliphatic rings. The number of nitrogens with zero attached hydrogens (tertiary/aromatic N) is 1. The second-order valence-electron chi connectivity index (χ2n) is 6.80. The van der Waals surface area contributed by atoms with Gasteiger partial charge in [-0.25, -0.2) is 0 Å². The van der Waals surface area contributed by atoms with Gasteiger partial charge in [0, 0.05) is 6.54 Å². The maximum absolute atomic E-state index is 12.6. The second kappa shape index (κ2) is 8.41. The Labute approximate surface area is 158 Å². The lowest BCUT2D eigenvalue weighted by Crippen LogP contribution is -2.35. The van der Waals surface area contributed by atoms with Crippen LogP contribution in [0.4, 0.5) is 4.79 Å². The van der Waals surface area contributed by atoms with Crippen LogP contribution in [-0.4, -0.2) is 27.8 Å². The summed E-state index contributed by atoms with van der Waals surface area (Å²) in [5.74, 6) is 0.940. The molecular formula is C21H23NO3S. The molecule has 2 aromatic rings. The first-order valence-electron chi connectivity index (χ1n) is 8.81. The monoisotopic (exact) mass is 369 g/mol. The Balaban J connectivity index is 1.68. The van der Waals surface area contributed by atoms with E-state index < -0.39 is 0 Å². The molecule has 0 aromatic heterocycles. The smallest absolute Gasteiger partial charge is 0.289 e. The summed E-state index contributed by atoms with van der Waals surface area (Å²) in [6, 6.07) is 17.7. The Morgan fingerprint density at radius 2 is 1.73 bits per heavy atom. The average Bonchev–Trinajstić information content (AvgIpc) is 2.89. The summed E-state index contributed by atoms with van der Waals surface area (Å²) in [5, 5.41) is -0.515. The van der Waals surface area contributed by atoms with Crippen LogP contribution in [0.3, 0.4) is 0 Å². The van der Waals surface area contributed by atoms with E-state index >= 15 is 0 Å². The van der Waals surface area contributed by atoms with Gasteiger partial charge in [-0.2, -0.15) is 0 Å². The van der Waals surface area contributed by atoms with Gasteiger partial charge in [-0.3, -0.25) is 14.5 Å². The van der Waals surface area contributed by atoms with Crippen molar-refractivity contribution in [2.75, 3.05) is 6.54 Å². The second-order valence-corrected chi connectivity index (χ2v) is 7.96. The lowest BCUT2D eigenvalue weighted by Gasteiger charge is -2.16. The fourth-order valence-corrected chi connectivity index (χ4v) is 3.93. The van der Waals surface area contributed by atoms with Crippen molar-refractivity contribution in [2.24, 2.45) is 5.92 Å². The van der Waals surface area contributed by atoms with E-state index in [-0.39, 0.29) is 22.3 Å². The van der Waals surface area contributed by atoms with Crippen molar-refractivity contribution in [1.29, 1.82) is 0 Å². The summed E-state index contributed by atoms with van der Waals surface area (Å²) < 4.78 is 5.97. The fourth-order valence-electron chi connectivity index (χ4n) is 2.91. The maximum Gasteiger partial charge on any atom is 0.289 e. The highest BCUT2D eigenvalue weighted by molar-refractivity contribution is 8.15. The molecule has 136 valence electrons. The van der Waals surface area contributed by atoms with Crippen molar-refractivity contribution in [1.82, 2.24) is 4.90 Å². The first-order valence-corrected chi connectivity index (χ1v) is 9.69. The molecule has 1 aliphatic heterocycles. The van der Waals surface area contributed by atoms with Crippen LogP contribution < -0.4 is 4.74 Å². The predicted molar refractivity (Wildman–Crippen MR) is 104 cm³/mol. The van der Waals surface area contributed by atoms with Gasteiger partial charge in [-0.05, 0) is 29.5 Å². The molecule has 0 saturated carbocycles. The third-order valence-corrected chi connectivity index (χ3v) is 5.24. The lowest BCUT2D eigenvalue weighted by atomic mass is 10.1. The summed E-state index contributed by atoms with van der Waals surface area (Å²) in [5.41, 5.74) is 2.04. The number of ether oxygens (including phenoxy) is 1. The van der Waals surface area contributed by atoms with Crippen molar-refractivity contribution in [2.45, 2.75) is 32.1 Å².